The Morgan fingerprint density at radius 2 is 2.00 bits per heavy atom. The summed E-state index contributed by atoms with van der Waals surface area (Å²) in [5.41, 5.74) is 1.03. The summed E-state index contributed by atoms with van der Waals surface area (Å²) in [5, 5.41) is 4.39. The topological polar surface area (TPSA) is 86.8 Å². The minimum Gasteiger partial charge on any atom is -0.491 e. The lowest BCUT2D eigenvalue weighted by atomic mass is 10.2. The first-order chi connectivity index (χ1) is 16.4. The van der Waals surface area contributed by atoms with E-state index in [1.54, 1.807) is 29.6 Å². The van der Waals surface area contributed by atoms with Crippen LogP contribution in [0.15, 0.2) is 47.8 Å². The highest BCUT2D eigenvalue weighted by molar-refractivity contribution is 7.14. The summed E-state index contributed by atoms with van der Waals surface area (Å²) in [6.45, 7) is 2.65. The van der Waals surface area contributed by atoms with Crippen molar-refractivity contribution in [1.29, 1.82) is 0 Å². The lowest BCUT2D eigenvalue weighted by Crippen LogP contribution is -2.30. The van der Waals surface area contributed by atoms with Crippen LogP contribution in [0.3, 0.4) is 0 Å². The molecule has 0 bridgehead atoms. The number of thiazole rings is 1. The molecule has 1 aliphatic rings. The monoisotopic (exact) mass is 488 g/mol. The number of amides is 1. The van der Waals surface area contributed by atoms with E-state index in [2.05, 4.69) is 10.3 Å². The van der Waals surface area contributed by atoms with E-state index < -0.39 is 29.6 Å². The molecule has 178 valence electrons. The third-order valence-corrected chi connectivity index (χ3v) is 5.91. The number of anilines is 1. The zero-order chi connectivity index (χ0) is 24.1. The molecule has 1 aliphatic heterocycles. The van der Waals surface area contributed by atoms with E-state index in [0.717, 1.165) is 42.9 Å². The maximum absolute atomic E-state index is 13.4. The molecule has 0 spiro atoms. The molecule has 0 aliphatic carbocycles. The van der Waals surface area contributed by atoms with Crippen molar-refractivity contribution in [1.82, 2.24) is 4.98 Å². The van der Waals surface area contributed by atoms with Crippen LogP contribution in [0.5, 0.6) is 5.75 Å². The fourth-order valence-corrected chi connectivity index (χ4v) is 3.98. The van der Waals surface area contributed by atoms with Crippen LogP contribution < -0.4 is 10.1 Å². The van der Waals surface area contributed by atoms with Gasteiger partial charge >= 0.3 is 5.97 Å². The normalized spacial score (nSPS) is 16.1. The van der Waals surface area contributed by atoms with Crippen molar-refractivity contribution in [3.63, 3.8) is 0 Å². The van der Waals surface area contributed by atoms with Crippen LogP contribution in [-0.4, -0.2) is 42.3 Å². The van der Waals surface area contributed by atoms with E-state index in [1.165, 1.54) is 13.0 Å². The van der Waals surface area contributed by atoms with Gasteiger partial charge in [-0.3, -0.25) is 10.1 Å². The second-order valence-electron chi connectivity index (χ2n) is 7.67. The van der Waals surface area contributed by atoms with Gasteiger partial charge in [0.05, 0.1) is 17.4 Å². The number of aromatic nitrogens is 1. The van der Waals surface area contributed by atoms with Gasteiger partial charge in [0.15, 0.2) is 22.9 Å². The van der Waals surface area contributed by atoms with Gasteiger partial charge in [0.2, 0.25) is 0 Å². The molecule has 4 rings (SSSR count). The van der Waals surface area contributed by atoms with E-state index in [4.69, 9.17) is 14.2 Å². The predicted octanol–water partition coefficient (Wildman–Crippen LogP) is 4.83. The number of ether oxygens (including phenoxy) is 3. The average Bonchev–Trinajstić information content (AvgIpc) is 3.52. The fourth-order valence-electron chi connectivity index (χ4n) is 3.26. The van der Waals surface area contributed by atoms with Crippen molar-refractivity contribution in [3.05, 3.63) is 65.0 Å². The first-order valence-corrected chi connectivity index (χ1v) is 11.5. The Labute approximate surface area is 198 Å². The highest BCUT2D eigenvalue weighted by atomic mass is 32.1. The van der Waals surface area contributed by atoms with Gasteiger partial charge in [-0.15, -0.1) is 11.3 Å². The Bertz CT molecular complexity index is 1160. The van der Waals surface area contributed by atoms with Crippen LogP contribution in [0.25, 0.3) is 11.3 Å². The predicted molar refractivity (Wildman–Crippen MR) is 122 cm³/mol. The number of hydrogen-bond donors (Lipinski definition) is 1. The standard InChI is InChI=1S/C24H22F2N2O5S/c1-14(22(29)28-24-27-21(13-34-24)16-6-9-19(25)20(26)11-16)33-23(30)15-4-7-17(8-5-15)32-12-18-3-2-10-31-18/h4-9,11,13-14,18H,2-3,10,12H2,1H3,(H,27,28,29). The molecule has 1 N–H and O–H groups in total. The number of halogens is 2. The third kappa shape index (κ3) is 5.95. The molecule has 2 unspecified atom stereocenters. The molecule has 10 heteroatoms. The fraction of sp³-hybridized carbons (Fsp3) is 0.292. The molecule has 7 nitrogen and oxygen atoms in total. The number of hydrogen-bond acceptors (Lipinski definition) is 7. The summed E-state index contributed by atoms with van der Waals surface area (Å²) in [6.07, 6.45) is 1.01. The number of nitrogens with zero attached hydrogens (tertiary/aromatic N) is 1. The number of carbonyl (C=O) groups excluding carboxylic acids is 2. The minimum absolute atomic E-state index is 0.0924. The van der Waals surface area contributed by atoms with Gasteiger partial charge in [-0.1, -0.05) is 0 Å². The van der Waals surface area contributed by atoms with Gasteiger partial charge < -0.3 is 14.2 Å². The number of esters is 1. The molecule has 1 saturated heterocycles. The van der Waals surface area contributed by atoms with Gasteiger partial charge in [-0.2, -0.15) is 0 Å². The highest BCUT2D eigenvalue weighted by Gasteiger charge is 2.21. The van der Waals surface area contributed by atoms with Crippen LogP contribution in [0, 0.1) is 11.6 Å². The molecule has 2 aromatic carbocycles. The molecule has 2 atom stereocenters. The molecular weight excluding hydrogens is 466 g/mol. The van der Waals surface area contributed by atoms with Gasteiger partial charge in [0, 0.05) is 17.6 Å². The summed E-state index contributed by atoms with van der Waals surface area (Å²) in [7, 11) is 0. The Balaban J connectivity index is 1.28. The number of nitrogens with one attached hydrogen (secondary N) is 1. The number of carbonyl (C=O) groups is 2. The summed E-state index contributed by atoms with van der Waals surface area (Å²) >= 11 is 1.11. The summed E-state index contributed by atoms with van der Waals surface area (Å²) in [5.74, 6) is -2.56. The second-order valence-corrected chi connectivity index (χ2v) is 8.53. The van der Waals surface area contributed by atoms with Crippen LogP contribution in [-0.2, 0) is 14.3 Å². The molecule has 0 radical (unpaired) electrons. The van der Waals surface area contributed by atoms with Crippen LogP contribution >= 0.6 is 11.3 Å². The van der Waals surface area contributed by atoms with Crippen molar-refractivity contribution in [2.75, 3.05) is 18.5 Å². The molecule has 1 aromatic heterocycles. The van der Waals surface area contributed by atoms with Crippen molar-refractivity contribution in [2.24, 2.45) is 0 Å². The van der Waals surface area contributed by atoms with Crippen molar-refractivity contribution in [2.45, 2.75) is 32.0 Å². The van der Waals surface area contributed by atoms with E-state index in [-0.39, 0.29) is 16.8 Å². The largest absolute Gasteiger partial charge is 0.491 e. The Kier molecular flexibility index (Phi) is 7.49. The molecular formula is C24H22F2N2O5S. The zero-order valence-corrected chi connectivity index (χ0v) is 19.1. The zero-order valence-electron chi connectivity index (χ0n) is 18.3. The molecule has 1 fully saturated rings. The number of rotatable bonds is 8. The summed E-state index contributed by atoms with van der Waals surface area (Å²) in [6, 6.07) is 9.87. The smallest absolute Gasteiger partial charge is 0.338 e. The first-order valence-electron chi connectivity index (χ1n) is 10.7. The van der Waals surface area contributed by atoms with E-state index in [9.17, 15) is 18.4 Å². The van der Waals surface area contributed by atoms with Gasteiger partial charge in [0.1, 0.15) is 12.4 Å². The number of benzene rings is 2. The maximum Gasteiger partial charge on any atom is 0.338 e. The van der Waals surface area contributed by atoms with Crippen LogP contribution in [0.4, 0.5) is 13.9 Å². The highest BCUT2D eigenvalue weighted by Crippen LogP contribution is 2.26. The maximum atomic E-state index is 13.4. The van der Waals surface area contributed by atoms with Crippen LogP contribution in [0.1, 0.15) is 30.1 Å². The lowest BCUT2D eigenvalue weighted by Gasteiger charge is -2.13. The van der Waals surface area contributed by atoms with E-state index in [0.29, 0.717) is 23.6 Å². The summed E-state index contributed by atoms with van der Waals surface area (Å²) < 4.78 is 43.0. The van der Waals surface area contributed by atoms with Gasteiger partial charge in [-0.05, 0) is 62.2 Å². The minimum atomic E-state index is -1.08. The Morgan fingerprint density at radius 1 is 1.21 bits per heavy atom. The second kappa shape index (κ2) is 10.7. The average molecular weight is 489 g/mol. The first kappa shape index (κ1) is 23.8. The molecule has 2 heterocycles. The molecule has 3 aromatic rings. The SMILES string of the molecule is CC(OC(=O)c1ccc(OCC2CCCO2)cc1)C(=O)Nc1nc(-c2ccc(F)c(F)c2)cs1. The van der Waals surface area contributed by atoms with E-state index >= 15 is 0 Å². The van der Waals surface area contributed by atoms with Crippen molar-refractivity contribution < 1.29 is 32.6 Å². The van der Waals surface area contributed by atoms with Crippen molar-refractivity contribution in [3.8, 4) is 17.0 Å². The molecule has 0 saturated carbocycles. The van der Waals surface area contributed by atoms with Crippen molar-refractivity contribution >= 4 is 28.3 Å². The molecule has 34 heavy (non-hydrogen) atoms. The summed E-state index contributed by atoms with van der Waals surface area (Å²) in [4.78, 5) is 29.0. The van der Waals surface area contributed by atoms with Gasteiger partial charge in [-0.25, -0.2) is 18.6 Å². The van der Waals surface area contributed by atoms with E-state index in [1.807, 2.05) is 0 Å². The van der Waals surface area contributed by atoms with Gasteiger partial charge in [0.25, 0.3) is 5.91 Å². The Hall–Kier alpha value is -3.37. The Morgan fingerprint density at radius 3 is 2.71 bits per heavy atom. The quantitative estimate of drug-likeness (QED) is 0.457. The molecule has 1 amide bonds. The third-order valence-electron chi connectivity index (χ3n) is 5.15. The van der Waals surface area contributed by atoms with Crippen LogP contribution in [0.2, 0.25) is 0 Å². The lowest BCUT2D eigenvalue weighted by molar-refractivity contribution is -0.123.